The molecule has 140 valence electrons. The Labute approximate surface area is 165 Å². The summed E-state index contributed by atoms with van der Waals surface area (Å²) in [4.78, 5) is 17.7. The Hall–Kier alpha value is -3.20. The Balaban J connectivity index is 1.78. The van der Waals surface area contributed by atoms with Crippen LogP contribution < -0.4 is 0 Å². The Bertz CT molecular complexity index is 1080. The van der Waals surface area contributed by atoms with Gasteiger partial charge in [-0.2, -0.15) is 0 Å². The van der Waals surface area contributed by atoms with Gasteiger partial charge in [0.2, 0.25) is 0 Å². The fourth-order valence-corrected chi connectivity index (χ4v) is 3.86. The summed E-state index contributed by atoms with van der Waals surface area (Å²) in [6, 6.07) is 24.2. The number of carbonyl (C=O) groups excluding carboxylic acids is 1. The van der Waals surface area contributed by atoms with Crippen molar-refractivity contribution < 1.29 is 9.90 Å². The van der Waals surface area contributed by atoms with E-state index in [4.69, 9.17) is 4.99 Å². The summed E-state index contributed by atoms with van der Waals surface area (Å²) in [5.41, 5.74) is 3.02. The topological polar surface area (TPSA) is 49.7 Å². The molecule has 1 aliphatic carbocycles. The number of hydrogen-bond donors (Lipinski definition) is 1. The van der Waals surface area contributed by atoms with E-state index in [0.717, 1.165) is 22.0 Å². The monoisotopic (exact) mass is 369 g/mol. The highest BCUT2D eigenvalue weighted by Gasteiger charge is 2.32. The quantitative estimate of drug-likeness (QED) is 0.436. The number of benzene rings is 3. The molecule has 1 atom stereocenters. The maximum absolute atomic E-state index is 12.9. The summed E-state index contributed by atoms with van der Waals surface area (Å²) < 4.78 is 0. The predicted molar refractivity (Wildman–Crippen MR) is 114 cm³/mol. The molecule has 3 heteroatoms. The zero-order chi connectivity index (χ0) is 19.5. The van der Waals surface area contributed by atoms with Crippen LogP contribution in [0, 0.1) is 0 Å². The second kappa shape index (κ2) is 7.81. The zero-order valence-corrected chi connectivity index (χ0v) is 15.9. The van der Waals surface area contributed by atoms with E-state index in [9.17, 15) is 9.90 Å². The molecular weight excluding hydrogens is 346 g/mol. The molecule has 0 bridgehead atoms. The molecule has 1 unspecified atom stereocenters. The van der Waals surface area contributed by atoms with Gasteiger partial charge in [0.15, 0.2) is 5.78 Å². The maximum atomic E-state index is 12.9. The van der Waals surface area contributed by atoms with Crippen LogP contribution in [-0.2, 0) is 4.79 Å². The van der Waals surface area contributed by atoms with Crippen LogP contribution in [0.5, 0.6) is 0 Å². The lowest BCUT2D eigenvalue weighted by atomic mass is 9.79. The molecule has 0 heterocycles. The number of aliphatic imine (C=N–C) groups is 1. The summed E-state index contributed by atoms with van der Waals surface area (Å²) >= 11 is 0. The van der Waals surface area contributed by atoms with Crippen LogP contribution >= 0.6 is 0 Å². The second-order valence-electron chi connectivity index (χ2n) is 7.20. The molecule has 0 aliphatic heterocycles. The van der Waals surface area contributed by atoms with Gasteiger partial charge >= 0.3 is 0 Å². The van der Waals surface area contributed by atoms with E-state index in [0.29, 0.717) is 30.5 Å². The number of ketones is 1. The van der Waals surface area contributed by atoms with E-state index in [2.05, 4.69) is 24.3 Å². The molecule has 1 saturated carbocycles. The van der Waals surface area contributed by atoms with Crippen LogP contribution in [0.2, 0.25) is 0 Å². The van der Waals surface area contributed by atoms with Crippen molar-refractivity contribution in [3.63, 3.8) is 0 Å². The fraction of sp³-hybridized carbons (Fsp3) is 0.200. The fourth-order valence-electron chi connectivity index (χ4n) is 3.86. The van der Waals surface area contributed by atoms with Gasteiger partial charge < -0.3 is 5.11 Å². The smallest absolute Gasteiger partial charge is 0.168 e. The minimum atomic E-state index is -0.0287. The van der Waals surface area contributed by atoms with Crippen molar-refractivity contribution in [3.8, 4) is 0 Å². The number of aliphatic hydroxyl groups excluding tert-OH is 1. The van der Waals surface area contributed by atoms with Crippen molar-refractivity contribution in [1.82, 2.24) is 0 Å². The number of nitrogens with zero attached hydrogens (tertiary/aromatic N) is 1. The molecule has 1 N–H and O–H groups in total. The highest BCUT2D eigenvalue weighted by atomic mass is 16.3. The summed E-state index contributed by atoms with van der Waals surface area (Å²) in [7, 11) is 0. The van der Waals surface area contributed by atoms with Gasteiger partial charge in [0.25, 0.3) is 0 Å². The number of aliphatic hydroxyl groups is 1. The van der Waals surface area contributed by atoms with E-state index < -0.39 is 0 Å². The van der Waals surface area contributed by atoms with Gasteiger partial charge in [0, 0.05) is 12.8 Å². The highest BCUT2D eigenvalue weighted by Crippen LogP contribution is 2.35. The van der Waals surface area contributed by atoms with Gasteiger partial charge in [-0.05, 0) is 40.8 Å². The SMILES string of the molecule is CCC(O)=C1C(=O)CC(c2ccccc2)CC1=Nc1ccc2ccccc2c1. The van der Waals surface area contributed by atoms with Gasteiger partial charge in [-0.25, -0.2) is 0 Å². The van der Waals surface area contributed by atoms with Gasteiger partial charge in [0.05, 0.1) is 17.0 Å². The number of allylic oxidation sites excluding steroid dienone is 2. The standard InChI is InChI=1S/C25H23NO2/c1-2-23(27)25-22(15-20(16-24(25)28)17-8-4-3-5-9-17)26-21-13-12-18-10-6-7-11-19(18)14-21/h3-14,20,27H,2,15-16H2,1H3. The third-order valence-corrected chi connectivity index (χ3v) is 5.33. The summed E-state index contributed by atoms with van der Waals surface area (Å²) in [6.07, 6.45) is 1.47. The molecule has 0 radical (unpaired) electrons. The van der Waals surface area contributed by atoms with E-state index >= 15 is 0 Å². The lowest BCUT2D eigenvalue weighted by Gasteiger charge is -2.25. The molecule has 1 fully saturated rings. The van der Waals surface area contributed by atoms with E-state index in [-0.39, 0.29) is 17.5 Å². The minimum absolute atomic E-state index is 0.0287. The van der Waals surface area contributed by atoms with Crippen molar-refractivity contribution in [2.45, 2.75) is 32.1 Å². The molecule has 3 aromatic rings. The summed E-state index contributed by atoms with van der Waals surface area (Å²) in [6.45, 7) is 1.85. The molecule has 28 heavy (non-hydrogen) atoms. The third-order valence-electron chi connectivity index (χ3n) is 5.33. The molecular formula is C25H23NO2. The molecule has 3 aromatic carbocycles. The Kier molecular flexibility index (Phi) is 5.07. The van der Waals surface area contributed by atoms with Crippen LogP contribution in [0.15, 0.2) is 89.1 Å². The van der Waals surface area contributed by atoms with E-state index in [1.165, 1.54) is 0 Å². The Morgan fingerprint density at radius 3 is 2.43 bits per heavy atom. The van der Waals surface area contributed by atoms with Crippen LogP contribution in [0.1, 0.15) is 37.7 Å². The van der Waals surface area contributed by atoms with E-state index in [1.807, 2.05) is 55.5 Å². The van der Waals surface area contributed by atoms with E-state index in [1.54, 1.807) is 0 Å². The molecule has 3 nitrogen and oxygen atoms in total. The zero-order valence-electron chi connectivity index (χ0n) is 15.9. The number of carbonyl (C=O) groups is 1. The van der Waals surface area contributed by atoms with Crippen LogP contribution in [0.25, 0.3) is 10.8 Å². The molecule has 1 aliphatic rings. The second-order valence-corrected chi connectivity index (χ2v) is 7.20. The van der Waals surface area contributed by atoms with Crippen molar-refractivity contribution in [2.24, 2.45) is 4.99 Å². The van der Waals surface area contributed by atoms with Crippen LogP contribution in [0.3, 0.4) is 0 Å². The van der Waals surface area contributed by atoms with Gasteiger partial charge in [0.1, 0.15) is 5.76 Å². The number of hydrogen-bond acceptors (Lipinski definition) is 3. The van der Waals surface area contributed by atoms with Crippen LogP contribution in [0.4, 0.5) is 5.69 Å². The minimum Gasteiger partial charge on any atom is -0.512 e. The van der Waals surface area contributed by atoms with Crippen molar-refractivity contribution in [3.05, 3.63) is 89.7 Å². The van der Waals surface area contributed by atoms with Gasteiger partial charge in [-0.15, -0.1) is 0 Å². The Morgan fingerprint density at radius 2 is 1.68 bits per heavy atom. The molecule has 4 rings (SSSR count). The first-order valence-electron chi connectivity index (χ1n) is 9.72. The lowest BCUT2D eigenvalue weighted by molar-refractivity contribution is -0.115. The van der Waals surface area contributed by atoms with Crippen molar-refractivity contribution >= 4 is 28.0 Å². The normalized spacial score (nSPS) is 20.5. The first-order valence-corrected chi connectivity index (χ1v) is 9.72. The molecule has 0 saturated heterocycles. The lowest BCUT2D eigenvalue weighted by Crippen LogP contribution is -2.26. The molecule has 0 amide bonds. The number of Topliss-reactive ketones (excluding diaryl/α,β-unsaturated/α-hetero) is 1. The first-order chi connectivity index (χ1) is 13.7. The first kappa shape index (κ1) is 18.2. The largest absolute Gasteiger partial charge is 0.512 e. The third kappa shape index (κ3) is 3.61. The number of rotatable bonds is 3. The number of fused-ring (bicyclic) bond motifs is 1. The average molecular weight is 369 g/mol. The predicted octanol–water partition coefficient (Wildman–Crippen LogP) is 6.28. The molecule has 0 spiro atoms. The van der Waals surface area contributed by atoms with Crippen LogP contribution in [-0.4, -0.2) is 16.6 Å². The summed E-state index contributed by atoms with van der Waals surface area (Å²) in [5.74, 6) is 0.191. The van der Waals surface area contributed by atoms with Gasteiger partial charge in [-0.1, -0.05) is 67.6 Å². The molecule has 0 aromatic heterocycles. The Morgan fingerprint density at radius 1 is 0.964 bits per heavy atom. The van der Waals surface area contributed by atoms with Crippen molar-refractivity contribution in [2.75, 3.05) is 0 Å². The summed E-state index contributed by atoms with van der Waals surface area (Å²) in [5, 5.41) is 12.7. The average Bonchev–Trinajstić information content (AvgIpc) is 2.73. The van der Waals surface area contributed by atoms with Crippen molar-refractivity contribution in [1.29, 1.82) is 0 Å². The van der Waals surface area contributed by atoms with Gasteiger partial charge in [-0.3, -0.25) is 9.79 Å². The maximum Gasteiger partial charge on any atom is 0.168 e. The highest BCUT2D eigenvalue weighted by molar-refractivity contribution is 6.25.